The molecule has 0 aliphatic heterocycles. The smallest absolute Gasteiger partial charge is 0.307 e. The molecule has 0 spiro atoms. The highest BCUT2D eigenvalue weighted by atomic mass is 16.5. The largest absolute Gasteiger partial charge is 0.453 e. The number of esters is 1. The van der Waals surface area contributed by atoms with Crippen LogP contribution in [0, 0.1) is 0 Å². The van der Waals surface area contributed by atoms with Gasteiger partial charge in [0.1, 0.15) is 5.52 Å². The number of hydrogen-bond donors (Lipinski definition) is 1. The summed E-state index contributed by atoms with van der Waals surface area (Å²) < 4.78 is 10.7. The second-order valence-corrected chi connectivity index (χ2v) is 6.33. The summed E-state index contributed by atoms with van der Waals surface area (Å²) in [6.07, 6.45) is -0.649. The van der Waals surface area contributed by atoms with Crippen molar-refractivity contribution < 1.29 is 23.5 Å². The molecule has 7 heteroatoms. The third kappa shape index (κ3) is 4.82. The van der Waals surface area contributed by atoms with Crippen LogP contribution in [0.2, 0.25) is 0 Å². The van der Waals surface area contributed by atoms with Gasteiger partial charge in [-0.15, -0.1) is 0 Å². The number of hydrogen-bond acceptors (Lipinski definition) is 6. The number of aromatic nitrogens is 1. The molecule has 0 bridgehead atoms. The van der Waals surface area contributed by atoms with Gasteiger partial charge in [0.15, 0.2) is 23.4 Å². The van der Waals surface area contributed by atoms with Crippen molar-refractivity contribution in [1.82, 2.24) is 4.98 Å². The molecule has 0 unspecified atom stereocenters. The number of carbonyl (C=O) groups excluding carboxylic acids is 3. The summed E-state index contributed by atoms with van der Waals surface area (Å²) in [7, 11) is 0. The van der Waals surface area contributed by atoms with E-state index in [4.69, 9.17) is 9.15 Å². The number of ether oxygens (including phenoxy) is 1. The Hall–Kier alpha value is -3.48. The van der Waals surface area contributed by atoms with E-state index in [1.165, 1.54) is 13.8 Å². The summed E-state index contributed by atoms with van der Waals surface area (Å²) in [5, 5.41) is 2.63. The molecule has 1 aromatic heterocycles. The van der Waals surface area contributed by atoms with Crippen LogP contribution in [0.1, 0.15) is 36.5 Å². The molecule has 1 atom stereocenters. The minimum absolute atomic E-state index is 0.0459. The second kappa shape index (κ2) is 8.47. The number of amides is 1. The molecule has 0 radical (unpaired) electrons. The molecule has 7 nitrogen and oxygen atoms in total. The lowest BCUT2D eigenvalue weighted by atomic mass is 10.1. The van der Waals surface area contributed by atoms with Crippen molar-refractivity contribution in [3.8, 4) is 0 Å². The summed E-state index contributed by atoms with van der Waals surface area (Å²) in [5.41, 5.74) is 2.34. The van der Waals surface area contributed by atoms with Crippen molar-refractivity contribution in [2.45, 2.75) is 32.8 Å². The van der Waals surface area contributed by atoms with Crippen molar-refractivity contribution in [1.29, 1.82) is 0 Å². The summed E-state index contributed by atoms with van der Waals surface area (Å²) in [6, 6.07) is 13.9. The number of benzene rings is 2. The molecule has 0 fully saturated rings. The zero-order valence-corrected chi connectivity index (χ0v) is 15.6. The number of carbonyl (C=O) groups is 3. The van der Waals surface area contributed by atoms with Gasteiger partial charge >= 0.3 is 5.97 Å². The highest BCUT2D eigenvalue weighted by Crippen LogP contribution is 2.16. The predicted octanol–water partition coefficient (Wildman–Crippen LogP) is 3.53. The molecule has 0 saturated carbocycles. The van der Waals surface area contributed by atoms with Crippen LogP contribution in [0.3, 0.4) is 0 Å². The minimum atomic E-state index is -0.975. The molecule has 1 amide bonds. The first kappa shape index (κ1) is 19.3. The van der Waals surface area contributed by atoms with E-state index in [1.807, 2.05) is 18.2 Å². The van der Waals surface area contributed by atoms with Crippen LogP contribution in [0.5, 0.6) is 0 Å². The third-order valence-corrected chi connectivity index (χ3v) is 4.10. The normalized spacial score (nSPS) is 11.8. The number of para-hydroxylation sites is 2. The van der Waals surface area contributed by atoms with Gasteiger partial charge in [0, 0.05) is 17.7 Å². The van der Waals surface area contributed by atoms with E-state index < -0.39 is 18.0 Å². The maximum atomic E-state index is 12.2. The van der Waals surface area contributed by atoms with E-state index in [0.29, 0.717) is 22.7 Å². The Labute approximate surface area is 161 Å². The number of ketones is 1. The molecule has 3 aromatic rings. The molecule has 0 aliphatic rings. The third-order valence-electron chi connectivity index (χ3n) is 4.10. The molecule has 144 valence electrons. The summed E-state index contributed by atoms with van der Waals surface area (Å²) in [4.78, 5) is 40.0. The Bertz CT molecular complexity index is 991. The highest BCUT2D eigenvalue weighted by Gasteiger charge is 2.19. The van der Waals surface area contributed by atoms with Gasteiger partial charge in [-0.3, -0.25) is 14.4 Å². The zero-order chi connectivity index (χ0) is 20.1. The first-order chi connectivity index (χ1) is 13.4. The number of nitrogens with one attached hydrogen (secondary N) is 1. The van der Waals surface area contributed by atoms with Gasteiger partial charge in [-0.05, 0) is 38.1 Å². The van der Waals surface area contributed by atoms with Crippen LogP contribution in [0.15, 0.2) is 52.9 Å². The average Bonchev–Trinajstić information content (AvgIpc) is 3.09. The van der Waals surface area contributed by atoms with Crippen LogP contribution in [-0.4, -0.2) is 28.7 Å². The van der Waals surface area contributed by atoms with Crippen molar-refractivity contribution >= 4 is 34.4 Å². The van der Waals surface area contributed by atoms with Crippen LogP contribution in [0.25, 0.3) is 11.1 Å². The summed E-state index contributed by atoms with van der Waals surface area (Å²) in [6.45, 7) is 2.93. The fourth-order valence-electron chi connectivity index (χ4n) is 2.61. The number of fused-ring (bicyclic) bond motifs is 1. The topological polar surface area (TPSA) is 98.5 Å². The summed E-state index contributed by atoms with van der Waals surface area (Å²) in [5.74, 6) is -0.663. The van der Waals surface area contributed by atoms with Gasteiger partial charge in [0.25, 0.3) is 5.91 Å². The van der Waals surface area contributed by atoms with Crippen molar-refractivity contribution in [2.75, 3.05) is 5.32 Å². The first-order valence-electron chi connectivity index (χ1n) is 8.88. The van der Waals surface area contributed by atoms with E-state index in [1.54, 1.807) is 30.3 Å². The number of aryl methyl sites for hydroxylation is 1. The lowest BCUT2D eigenvalue weighted by Crippen LogP contribution is -2.30. The molecule has 1 heterocycles. The van der Waals surface area contributed by atoms with Crippen LogP contribution < -0.4 is 5.32 Å². The van der Waals surface area contributed by atoms with Crippen molar-refractivity contribution in [3.05, 3.63) is 60.0 Å². The standard InChI is InChI=1S/C21H20N2O5/c1-13(24)15-6-5-7-16(12-15)22-21(26)14(2)27-20(25)11-10-19-23-17-8-3-4-9-18(17)28-19/h3-9,12,14H,10-11H2,1-2H3,(H,22,26)/t14-/m1/s1. The van der Waals surface area contributed by atoms with Gasteiger partial charge in [-0.25, -0.2) is 4.98 Å². The molecule has 28 heavy (non-hydrogen) atoms. The predicted molar refractivity (Wildman–Crippen MR) is 103 cm³/mol. The number of Topliss-reactive ketones (excluding diaryl/α,β-unsaturated/α-hetero) is 1. The number of nitrogens with zero attached hydrogens (tertiary/aromatic N) is 1. The Kier molecular flexibility index (Phi) is 5.84. The van der Waals surface area contributed by atoms with Crippen LogP contribution >= 0.6 is 0 Å². The fraction of sp³-hybridized carbons (Fsp3) is 0.238. The Morgan fingerprint density at radius 3 is 2.68 bits per heavy atom. The number of oxazole rings is 1. The average molecular weight is 380 g/mol. The molecular weight excluding hydrogens is 360 g/mol. The van der Waals surface area contributed by atoms with Crippen molar-refractivity contribution in [2.24, 2.45) is 0 Å². The molecule has 3 rings (SSSR count). The second-order valence-electron chi connectivity index (χ2n) is 6.33. The monoisotopic (exact) mass is 380 g/mol. The van der Waals surface area contributed by atoms with Crippen LogP contribution in [-0.2, 0) is 20.7 Å². The minimum Gasteiger partial charge on any atom is -0.453 e. The lowest BCUT2D eigenvalue weighted by Gasteiger charge is -2.13. The van der Waals surface area contributed by atoms with E-state index in [9.17, 15) is 14.4 Å². The van der Waals surface area contributed by atoms with E-state index in [0.717, 1.165) is 5.52 Å². The number of anilines is 1. The maximum Gasteiger partial charge on any atom is 0.307 e. The molecule has 2 aromatic carbocycles. The fourth-order valence-corrected chi connectivity index (χ4v) is 2.61. The molecule has 1 N–H and O–H groups in total. The maximum absolute atomic E-state index is 12.2. The van der Waals surface area contributed by atoms with E-state index in [2.05, 4.69) is 10.3 Å². The Morgan fingerprint density at radius 1 is 1.14 bits per heavy atom. The Morgan fingerprint density at radius 2 is 1.93 bits per heavy atom. The van der Waals surface area contributed by atoms with Gasteiger partial charge in [-0.1, -0.05) is 24.3 Å². The van der Waals surface area contributed by atoms with Gasteiger partial charge < -0.3 is 14.5 Å². The van der Waals surface area contributed by atoms with E-state index >= 15 is 0 Å². The molecular formula is C21H20N2O5. The SMILES string of the molecule is CC(=O)c1cccc(NC(=O)[C@@H](C)OC(=O)CCc2nc3ccccc3o2)c1. The van der Waals surface area contributed by atoms with Gasteiger partial charge in [-0.2, -0.15) is 0 Å². The molecule has 0 saturated heterocycles. The highest BCUT2D eigenvalue weighted by molar-refractivity contribution is 5.98. The first-order valence-corrected chi connectivity index (χ1v) is 8.88. The van der Waals surface area contributed by atoms with Crippen LogP contribution in [0.4, 0.5) is 5.69 Å². The number of rotatable bonds is 7. The summed E-state index contributed by atoms with van der Waals surface area (Å²) >= 11 is 0. The molecule has 0 aliphatic carbocycles. The Balaban J connectivity index is 1.51. The van der Waals surface area contributed by atoms with Crippen molar-refractivity contribution in [3.63, 3.8) is 0 Å². The van der Waals surface area contributed by atoms with E-state index in [-0.39, 0.29) is 18.6 Å². The lowest BCUT2D eigenvalue weighted by molar-refractivity contribution is -0.153. The quantitative estimate of drug-likeness (QED) is 0.497. The van der Waals surface area contributed by atoms with Gasteiger partial charge in [0.05, 0.1) is 6.42 Å². The zero-order valence-electron chi connectivity index (χ0n) is 15.6. The van der Waals surface area contributed by atoms with Gasteiger partial charge in [0.2, 0.25) is 0 Å².